The fourth-order valence-corrected chi connectivity index (χ4v) is 1.38. The number of carbonyl (C=O) groups is 1. The van der Waals surface area contributed by atoms with Crippen molar-refractivity contribution in [3.8, 4) is 0 Å². The van der Waals surface area contributed by atoms with E-state index < -0.39 is 0 Å². The van der Waals surface area contributed by atoms with Gasteiger partial charge in [-0.1, -0.05) is 22.6 Å². The number of halogens is 1. The van der Waals surface area contributed by atoms with Gasteiger partial charge in [-0.05, 0) is 19.9 Å². The van der Waals surface area contributed by atoms with Crippen molar-refractivity contribution in [2.45, 2.75) is 13.8 Å². The molecule has 1 rings (SSSR count). The van der Waals surface area contributed by atoms with E-state index in [9.17, 15) is 4.79 Å². The Labute approximate surface area is 91.0 Å². The smallest absolute Gasteiger partial charge is 0.254 e. The van der Waals surface area contributed by atoms with Crippen molar-refractivity contribution in [1.29, 1.82) is 0 Å². The molecule has 1 N–H and O–H groups in total. The standard InChI is InChI=1S/C9H12INO2/c1-6-5-8(7(2)13-6)9(12)11-4-3-10/h5H,3-4H2,1-2H3,(H,11,12). The Kier molecular flexibility index (Phi) is 3.77. The molecule has 0 fully saturated rings. The van der Waals surface area contributed by atoms with Crippen molar-refractivity contribution >= 4 is 28.5 Å². The first-order valence-corrected chi connectivity index (χ1v) is 5.59. The zero-order valence-corrected chi connectivity index (χ0v) is 9.84. The second-order valence-electron chi connectivity index (χ2n) is 2.77. The van der Waals surface area contributed by atoms with Crippen LogP contribution < -0.4 is 5.32 Å². The van der Waals surface area contributed by atoms with E-state index in [1.165, 1.54) is 0 Å². The fraction of sp³-hybridized carbons (Fsp3) is 0.444. The molecule has 0 bridgehead atoms. The molecular weight excluding hydrogens is 281 g/mol. The Morgan fingerprint density at radius 1 is 1.62 bits per heavy atom. The summed E-state index contributed by atoms with van der Waals surface area (Å²) >= 11 is 2.22. The highest BCUT2D eigenvalue weighted by atomic mass is 127. The zero-order chi connectivity index (χ0) is 9.84. The predicted molar refractivity (Wildman–Crippen MR) is 59.4 cm³/mol. The van der Waals surface area contributed by atoms with Crippen LogP contribution in [0.15, 0.2) is 10.5 Å². The van der Waals surface area contributed by atoms with Crippen LogP contribution in [0.3, 0.4) is 0 Å². The van der Waals surface area contributed by atoms with Gasteiger partial charge in [-0.15, -0.1) is 0 Å². The van der Waals surface area contributed by atoms with Crippen LogP contribution >= 0.6 is 22.6 Å². The van der Waals surface area contributed by atoms with Crippen molar-refractivity contribution in [1.82, 2.24) is 5.32 Å². The van der Waals surface area contributed by atoms with Gasteiger partial charge in [0, 0.05) is 11.0 Å². The van der Waals surface area contributed by atoms with Crippen LogP contribution in [0.5, 0.6) is 0 Å². The summed E-state index contributed by atoms with van der Waals surface area (Å²) in [5.41, 5.74) is 0.641. The van der Waals surface area contributed by atoms with Gasteiger partial charge in [0.05, 0.1) is 5.56 Å². The minimum absolute atomic E-state index is 0.0500. The van der Waals surface area contributed by atoms with Crippen molar-refractivity contribution in [3.63, 3.8) is 0 Å². The molecule has 1 aromatic rings. The van der Waals surface area contributed by atoms with Gasteiger partial charge in [0.2, 0.25) is 0 Å². The molecule has 1 heterocycles. The molecule has 0 saturated carbocycles. The van der Waals surface area contributed by atoms with Crippen molar-refractivity contribution < 1.29 is 9.21 Å². The summed E-state index contributed by atoms with van der Waals surface area (Å²) in [5, 5.41) is 2.80. The van der Waals surface area contributed by atoms with E-state index in [1.54, 1.807) is 13.0 Å². The first-order valence-electron chi connectivity index (χ1n) is 4.06. The highest BCUT2D eigenvalue weighted by Gasteiger charge is 2.11. The van der Waals surface area contributed by atoms with Gasteiger partial charge in [0.15, 0.2) is 0 Å². The SMILES string of the molecule is Cc1cc(C(=O)NCCI)c(C)o1. The average molecular weight is 293 g/mol. The molecule has 0 spiro atoms. The molecule has 0 aromatic carbocycles. The quantitative estimate of drug-likeness (QED) is 0.684. The molecule has 3 nitrogen and oxygen atoms in total. The van der Waals surface area contributed by atoms with Crippen LogP contribution in [-0.4, -0.2) is 16.9 Å². The fourth-order valence-electron chi connectivity index (χ4n) is 1.11. The minimum Gasteiger partial charge on any atom is -0.466 e. The van der Waals surface area contributed by atoms with E-state index in [0.717, 1.165) is 10.2 Å². The highest BCUT2D eigenvalue weighted by Crippen LogP contribution is 2.12. The molecule has 13 heavy (non-hydrogen) atoms. The molecule has 72 valence electrons. The van der Waals surface area contributed by atoms with Crippen molar-refractivity contribution in [2.75, 3.05) is 11.0 Å². The monoisotopic (exact) mass is 293 g/mol. The molecule has 0 aliphatic carbocycles. The number of hydrogen-bond acceptors (Lipinski definition) is 2. The minimum atomic E-state index is -0.0500. The molecular formula is C9H12INO2. The van der Waals surface area contributed by atoms with Crippen LogP contribution in [0.1, 0.15) is 21.9 Å². The van der Waals surface area contributed by atoms with Gasteiger partial charge < -0.3 is 9.73 Å². The molecule has 0 radical (unpaired) electrons. The first kappa shape index (κ1) is 10.6. The second-order valence-corrected chi connectivity index (χ2v) is 3.85. The van der Waals surface area contributed by atoms with E-state index in [2.05, 4.69) is 27.9 Å². The van der Waals surface area contributed by atoms with Crippen LogP contribution in [0, 0.1) is 13.8 Å². The average Bonchev–Trinajstić information content (AvgIpc) is 2.41. The number of nitrogens with one attached hydrogen (secondary N) is 1. The largest absolute Gasteiger partial charge is 0.466 e. The lowest BCUT2D eigenvalue weighted by atomic mass is 10.2. The topological polar surface area (TPSA) is 42.2 Å². The molecule has 0 saturated heterocycles. The Morgan fingerprint density at radius 3 is 2.77 bits per heavy atom. The molecule has 0 aliphatic heterocycles. The van der Waals surface area contributed by atoms with E-state index in [4.69, 9.17) is 4.42 Å². The van der Waals surface area contributed by atoms with E-state index in [0.29, 0.717) is 17.9 Å². The van der Waals surface area contributed by atoms with Gasteiger partial charge >= 0.3 is 0 Å². The lowest BCUT2D eigenvalue weighted by Crippen LogP contribution is -2.25. The maximum absolute atomic E-state index is 11.5. The van der Waals surface area contributed by atoms with Gasteiger partial charge in [-0.25, -0.2) is 0 Å². The zero-order valence-electron chi connectivity index (χ0n) is 7.69. The molecule has 1 amide bonds. The number of amides is 1. The highest BCUT2D eigenvalue weighted by molar-refractivity contribution is 14.1. The van der Waals surface area contributed by atoms with Crippen molar-refractivity contribution in [2.24, 2.45) is 0 Å². The van der Waals surface area contributed by atoms with E-state index in [1.807, 2.05) is 6.92 Å². The van der Waals surface area contributed by atoms with E-state index in [-0.39, 0.29) is 5.91 Å². The third-order valence-corrected chi connectivity index (χ3v) is 2.21. The second kappa shape index (κ2) is 4.64. The molecule has 1 aromatic heterocycles. The number of hydrogen-bond donors (Lipinski definition) is 1. The Morgan fingerprint density at radius 2 is 2.31 bits per heavy atom. The van der Waals surface area contributed by atoms with Crippen LogP contribution in [0.25, 0.3) is 0 Å². The lowest BCUT2D eigenvalue weighted by molar-refractivity contribution is 0.0955. The Balaban J connectivity index is 2.70. The number of aryl methyl sites for hydroxylation is 2. The summed E-state index contributed by atoms with van der Waals surface area (Å²) in [7, 11) is 0. The lowest BCUT2D eigenvalue weighted by Gasteiger charge is -1.99. The maximum atomic E-state index is 11.5. The van der Waals surface area contributed by atoms with Crippen LogP contribution in [-0.2, 0) is 0 Å². The molecule has 0 unspecified atom stereocenters. The summed E-state index contributed by atoms with van der Waals surface area (Å²) < 4.78 is 6.17. The van der Waals surface area contributed by atoms with Gasteiger partial charge in [0.25, 0.3) is 5.91 Å². The van der Waals surface area contributed by atoms with E-state index >= 15 is 0 Å². The Hall–Kier alpha value is -0.520. The van der Waals surface area contributed by atoms with Crippen LogP contribution in [0.2, 0.25) is 0 Å². The summed E-state index contributed by atoms with van der Waals surface area (Å²) in [6, 6.07) is 1.76. The number of furan rings is 1. The predicted octanol–water partition coefficient (Wildman–Crippen LogP) is 2.06. The van der Waals surface area contributed by atoms with Gasteiger partial charge in [0.1, 0.15) is 11.5 Å². The van der Waals surface area contributed by atoms with Gasteiger partial charge in [-0.3, -0.25) is 4.79 Å². The summed E-state index contributed by atoms with van der Waals surface area (Å²) in [6.45, 7) is 4.33. The first-order chi connectivity index (χ1) is 6.15. The molecule has 0 atom stereocenters. The molecule has 0 aliphatic rings. The number of carbonyl (C=O) groups excluding carboxylic acids is 1. The van der Waals surface area contributed by atoms with Crippen LogP contribution in [0.4, 0.5) is 0 Å². The normalized spacial score (nSPS) is 10.1. The summed E-state index contributed by atoms with van der Waals surface area (Å²) in [5.74, 6) is 1.41. The maximum Gasteiger partial charge on any atom is 0.254 e. The Bertz CT molecular complexity index is 307. The molecule has 4 heteroatoms. The third-order valence-electron chi connectivity index (χ3n) is 1.67. The number of alkyl halides is 1. The number of rotatable bonds is 3. The summed E-state index contributed by atoms with van der Waals surface area (Å²) in [4.78, 5) is 11.5. The van der Waals surface area contributed by atoms with Gasteiger partial charge in [-0.2, -0.15) is 0 Å². The van der Waals surface area contributed by atoms with Crippen molar-refractivity contribution in [3.05, 3.63) is 23.2 Å². The third kappa shape index (κ3) is 2.72. The summed E-state index contributed by atoms with van der Waals surface area (Å²) in [6.07, 6.45) is 0.